The van der Waals surface area contributed by atoms with Gasteiger partial charge in [0.15, 0.2) is 5.96 Å². The maximum Gasteiger partial charge on any atom is 0.191 e. The zero-order valence-corrected chi connectivity index (χ0v) is 16.1. The molecular weight excluding hydrogens is 350 g/mol. The van der Waals surface area contributed by atoms with E-state index in [9.17, 15) is 0 Å². The van der Waals surface area contributed by atoms with Crippen molar-refractivity contribution in [3.05, 3.63) is 34.9 Å². The molecule has 2 bridgehead atoms. The monoisotopic (exact) mass is 377 g/mol. The molecule has 0 spiro atoms. The van der Waals surface area contributed by atoms with Gasteiger partial charge in [0.2, 0.25) is 0 Å². The standard InChI is InChI=1S/C20H28ClN3O2/c1-22-19(24-17-12-16-5-6-18(17)26-16)23-13-20(7-9-25-10-8-20)14-3-2-4-15(21)11-14/h2-4,11,16-18H,5-10,12-13H2,1H3,(H2,22,23,24). The minimum absolute atomic E-state index is 0.0198. The molecule has 3 unspecified atom stereocenters. The maximum absolute atomic E-state index is 6.26. The molecule has 0 amide bonds. The highest BCUT2D eigenvalue weighted by Gasteiger charge is 2.41. The quantitative estimate of drug-likeness (QED) is 0.625. The summed E-state index contributed by atoms with van der Waals surface area (Å²) in [6.07, 6.45) is 6.17. The Morgan fingerprint density at radius 3 is 2.81 bits per heavy atom. The smallest absolute Gasteiger partial charge is 0.191 e. The lowest BCUT2D eigenvalue weighted by Crippen LogP contribution is -2.51. The second-order valence-corrected chi connectivity index (χ2v) is 8.13. The number of hydrogen-bond donors (Lipinski definition) is 2. The predicted octanol–water partition coefficient (Wildman–Crippen LogP) is 2.87. The van der Waals surface area contributed by atoms with Gasteiger partial charge in [0.1, 0.15) is 0 Å². The summed E-state index contributed by atoms with van der Waals surface area (Å²) in [7, 11) is 1.83. The van der Waals surface area contributed by atoms with E-state index in [-0.39, 0.29) is 5.41 Å². The highest BCUT2D eigenvalue weighted by molar-refractivity contribution is 6.30. The van der Waals surface area contributed by atoms with E-state index in [1.807, 2.05) is 19.2 Å². The fourth-order valence-corrected chi connectivity index (χ4v) is 4.75. The van der Waals surface area contributed by atoms with Gasteiger partial charge in [-0.25, -0.2) is 0 Å². The molecule has 6 heteroatoms. The van der Waals surface area contributed by atoms with E-state index in [1.165, 1.54) is 12.0 Å². The molecule has 0 radical (unpaired) electrons. The highest BCUT2D eigenvalue weighted by Crippen LogP contribution is 2.36. The second-order valence-electron chi connectivity index (χ2n) is 7.69. The summed E-state index contributed by atoms with van der Waals surface area (Å²) in [4.78, 5) is 4.44. The summed E-state index contributed by atoms with van der Waals surface area (Å²) in [5.74, 6) is 0.860. The summed E-state index contributed by atoms with van der Waals surface area (Å²) in [6.45, 7) is 2.37. The van der Waals surface area contributed by atoms with E-state index in [4.69, 9.17) is 21.1 Å². The predicted molar refractivity (Wildman–Crippen MR) is 104 cm³/mol. The van der Waals surface area contributed by atoms with Crippen LogP contribution in [0.4, 0.5) is 0 Å². The van der Waals surface area contributed by atoms with Crippen LogP contribution >= 0.6 is 11.6 Å². The molecule has 4 rings (SSSR count). The molecule has 3 atom stereocenters. The Bertz CT molecular complexity index is 660. The van der Waals surface area contributed by atoms with Crippen LogP contribution in [0.5, 0.6) is 0 Å². The third-order valence-electron chi connectivity index (χ3n) is 6.13. The Kier molecular flexibility index (Phi) is 5.39. The lowest BCUT2D eigenvalue weighted by molar-refractivity contribution is 0.0513. The number of ether oxygens (including phenoxy) is 2. The first-order chi connectivity index (χ1) is 12.7. The van der Waals surface area contributed by atoms with Crippen LogP contribution in [0.1, 0.15) is 37.7 Å². The minimum atomic E-state index is 0.0198. The van der Waals surface area contributed by atoms with Gasteiger partial charge in [0.25, 0.3) is 0 Å². The topological polar surface area (TPSA) is 54.9 Å². The van der Waals surface area contributed by atoms with Crippen molar-refractivity contribution in [2.24, 2.45) is 4.99 Å². The van der Waals surface area contributed by atoms with Crippen LogP contribution in [0.25, 0.3) is 0 Å². The molecule has 1 aromatic rings. The van der Waals surface area contributed by atoms with E-state index in [1.54, 1.807) is 0 Å². The number of nitrogens with zero attached hydrogens (tertiary/aromatic N) is 1. The Morgan fingerprint density at radius 2 is 2.15 bits per heavy atom. The number of guanidine groups is 1. The van der Waals surface area contributed by atoms with Crippen molar-refractivity contribution in [1.82, 2.24) is 10.6 Å². The van der Waals surface area contributed by atoms with Crippen molar-refractivity contribution in [3.8, 4) is 0 Å². The number of aliphatic imine (C=N–C) groups is 1. The molecule has 5 nitrogen and oxygen atoms in total. The number of rotatable bonds is 4. The maximum atomic E-state index is 6.26. The first-order valence-electron chi connectivity index (χ1n) is 9.65. The molecule has 0 aliphatic carbocycles. The third kappa shape index (κ3) is 3.71. The van der Waals surface area contributed by atoms with Crippen molar-refractivity contribution < 1.29 is 9.47 Å². The number of hydrogen-bond acceptors (Lipinski definition) is 3. The molecule has 142 valence electrons. The highest BCUT2D eigenvalue weighted by atomic mass is 35.5. The first-order valence-corrected chi connectivity index (χ1v) is 10.0. The van der Waals surface area contributed by atoms with Crippen LogP contribution in [0.2, 0.25) is 5.02 Å². The SMILES string of the molecule is CN=C(NCC1(c2cccc(Cl)c2)CCOCC1)NC1CC2CCC1O2. The van der Waals surface area contributed by atoms with Crippen molar-refractivity contribution >= 4 is 17.6 Å². The van der Waals surface area contributed by atoms with Crippen LogP contribution in [-0.2, 0) is 14.9 Å². The first kappa shape index (κ1) is 18.1. The fraction of sp³-hybridized carbons (Fsp3) is 0.650. The zero-order chi connectivity index (χ0) is 18.0. The summed E-state index contributed by atoms with van der Waals surface area (Å²) in [6, 6.07) is 8.61. The van der Waals surface area contributed by atoms with Gasteiger partial charge < -0.3 is 20.1 Å². The van der Waals surface area contributed by atoms with Gasteiger partial charge in [-0.2, -0.15) is 0 Å². The van der Waals surface area contributed by atoms with Crippen molar-refractivity contribution in [3.63, 3.8) is 0 Å². The summed E-state index contributed by atoms with van der Waals surface area (Å²) in [5.41, 5.74) is 1.30. The van der Waals surface area contributed by atoms with Crippen molar-refractivity contribution in [2.45, 2.75) is 55.8 Å². The normalized spacial score (nSPS) is 30.4. The number of fused-ring (bicyclic) bond motifs is 2. The molecule has 3 aliphatic heterocycles. The summed E-state index contributed by atoms with van der Waals surface area (Å²) in [5, 5.41) is 7.93. The number of benzene rings is 1. The largest absolute Gasteiger partial charge is 0.381 e. The van der Waals surface area contributed by atoms with Gasteiger partial charge in [-0.05, 0) is 49.8 Å². The molecule has 3 fully saturated rings. The molecule has 3 aliphatic rings. The Labute approximate surface area is 160 Å². The van der Waals surface area contributed by atoms with Gasteiger partial charge in [0.05, 0.1) is 18.2 Å². The lowest BCUT2D eigenvalue weighted by atomic mass is 9.74. The second kappa shape index (κ2) is 7.75. The van der Waals surface area contributed by atoms with Gasteiger partial charge >= 0.3 is 0 Å². The molecule has 1 aromatic carbocycles. The Hall–Kier alpha value is -1.30. The Balaban J connectivity index is 1.44. The van der Waals surface area contributed by atoms with Crippen molar-refractivity contribution in [2.75, 3.05) is 26.8 Å². The molecule has 2 N–H and O–H groups in total. The average molecular weight is 378 g/mol. The minimum Gasteiger partial charge on any atom is -0.381 e. The molecular formula is C20H28ClN3O2. The van der Waals surface area contributed by atoms with E-state index in [0.29, 0.717) is 18.2 Å². The van der Waals surface area contributed by atoms with Crippen LogP contribution in [0.15, 0.2) is 29.3 Å². The molecule has 0 aromatic heterocycles. The molecule has 26 heavy (non-hydrogen) atoms. The van der Waals surface area contributed by atoms with Crippen LogP contribution in [-0.4, -0.2) is 51.0 Å². The van der Waals surface area contributed by atoms with Crippen LogP contribution in [0, 0.1) is 0 Å². The number of nitrogens with one attached hydrogen (secondary N) is 2. The molecule has 0 saturated carbocycles. The fourth-order valence-electron chi connectivity index (χ4n) is 4.56. The van der Waals surface area contributed by atoms with Crippen LogP contribution in [0.3, 0.4) is 0 Å². The zero-order valence-electron chi connectivity index (χ0n) is 15.3. The molecule has 3 heterocycles. The summed E-state index contributed by atoms with van der Waals surface area (Å²) < 4.78 is 11.6. The lowest BCUT2D eigenvalue weighted by Gasteiger charge is -2.38. The van der Waals surface area contributed by atoms with Gasteiger partial charge in [-0.1, -0.05) is 23.7 Å². The van der Waals surface area contributed by atoms with Gasteiger partial charge in [-0.15, -0.1) is 0 Å². The third-order valence-corrected chi connectivity index (χ3v) is 6.37. The Morgan fingerprint density at radius 1 is 1.31 bits per heavy atom. The van der Waals surface area contributed by atoms with Gasteiger partial charge in [0, 0.05) is 37.2 Å². The summed E-state index contributed by atoms with van der Waals surface area (Å²) >= 11 is 6.26. The van der Waals surface area contributed by atoms with E-state index in [2.05, 4.69) is 27.8 Å². The van der Waals surface area contributed by atoms with Gasteiger partial charge in [-0.3, -0.25) is 4.99 Å². The van der Waals surface area contributed by atoms with Crippen molar-refractivity contribution in [1.29, 1.82) is 0 Å². The van der Waals surface area contributed by atoms with E-state index < -0.39 is 0 Å². The van der Waals surface area contributed by atoms with Crippen LogP contribution < -0.4 is 10.6 Å². The molecule has 3 saturated heterocycles. The average Bonchev–Trinajstić information content (AvgIpc) is 3.29. The number of halogens is 1. The van der Waals surface area contributed by atoms with E-state index >= 15 is 0 Å². The van der Waals surface area contributed by atoms with E-state index in [0.717, 1.165) is 56.4 Å².